The van der Waals surface area contributed by atoms with E-state index >= 15 is 0 Å². The number of nitrogens with zero attached hydrogens (tertiary/aromatic N) is 1. The summed E-state index contributed by atoms with van der Waals surface area (Å²) in [7, 11) is 1.45. The Morgan fingerprint density at radius 3 is 2.78 bits per heavy atom. The smallest absolute Gasteiger partial charge is 0.323 e. The van der Waals surface area contributed by atoms with Crippen LogP contribution in [0.2, 0.25) is 0 Å². The van der Waals surface area contributed by atoms with Crippen molar-refractivity contribution in [3.05, 3.63) is 0 Å². The lowest BCUT2D eigenvalue weighted by Gasteiger charge is -2.29. The fourth-order valence-corrected chi connectivity index (χ4v) is 2.58. The molecule has 1 saturated heterocycles. The highest BCUT2D eigenvalue weighted by Gasteiger charge is 2.31. The Hall–Kier alpha value is -0.610. The molecule has 0 aliphatic carbocycles. The van der Waals surface area contributed by atoms with Gasteiger partial charge in [0.2, 0.25) is 0 Å². The molecule has 0 spiro atoms. The lowest BCUT2D eigenvalue weighted by Crippen LogP contribution is -2.43. The van der Waals surface area contributed by atoms with Gasteiger partial charge in [-0.05, 0) is 39.2 Å². The summed E-state index contributed by atoms with van der Waals surface area (Å²) in [6.45, 7) is 5.66. The zero-order chi connectivity index (χ0) is 13.6. The van der Waals surface area contributed by atoms with Crippen LogP contribution in [-0.4, -0.2) is 47.8 Å². The Morgan fingerprint density at radius 2 is 2.17 bits per heavy atom. The van der Waals surface area contributed by atoms with Crippen LogP contribution in [0.4, 0.5) is 0 Å². The molecule has 2 atom stereocenters. The van der Waals surface area contributed by atoms with Gasteiger partial charge in [-0.25, -0.2) is 0 Å². The predicted molar refractivity (Wildman–Crippen MR) is 71.4 cm³/mol. The maximum absolute atomic E-state index is 11.9. The summed E-state index contributed by atoms with van der Waals surface area (Å²) in [5.74, 6) is -0.134. The average Bonchev–Trinajstić information content (AvgIpc) is 2.51. The number of likely N-dealkylation sites (tertiary alicyclic amines) is 1. The summed E-state index contributed by atoms with van der Waals surface area (Å²) in [5, 5.41) is 10.1. The standard InChI is InChI=1S/C14H27NO3/c1-4-5-7-12(13(16)18-3)15-10-6-8-14(2,17)9-11-15/h12,17H,4-11H2,1-3H3. The molecule has 106 valence electrons. The normalized spacial score (nSPS) is 27.6. The second kappa shape index (κ2) is 7.10. The third-order valence-electron chi connectivity index (χ3n) is 3.84. The number of esters is 1. The molecule has 1 N–H and O–H groups in total. The number of rotatable bonds is 5. The molecule has 1 heterocycles. The number of carbonyl (C=O) groups excluding carboxylic acids is 1. The third-order valence-corrected chi connectivity index (χ3v) is 3.84. The van der Waals surface area contributed by atoms with Crippen LogP contribution in [0.1, 0.15) is 52.4 Å². The molecular formula is C14H27NO3. The summed E-state index contributed by atoms with van der Waals surface area (Å²) in [6.07, 6.45) is 5.45. The quantitative estimate of drug-likeness (QED) is 0.765. The van der Waals surface area contributed by atoms with Crippen LogP contribution in [0.25, 0.3) is 0 Å². The Balaban J connectivity index is 2.63. The number of hydrogen-bond donors (Lipinski definition) is 1. The molecule has 0 aromatic carbocycles. The first-order valence-electron chi connectivity index (χ1n) is 7.04. The van der Waals surface area contributed by atoms with E-state index in [0.717, 1.165) is 51.6 Å². The van der Waals surface area contributed by atoms with Crippen LogP contribution in [0.3, 0.4) is 0 Å². The molecule has 18 heavy (non-hydrogen) atoms. The number of ether oxygens (including phenoxy) is 1. The summed E-state index contributed by atoms with van der Waals surface area (Å²) >= 11 is 0. The lowest BCUT2D eigenvalue weighted by atomic mass is 9.98. The van der Waals surface area contributed by atoms with Gasteiger partial charge >= 0.3 is 5.97 Å². The van der Waals surface area contributed by atoms with E-state index in [-0.39, 0.29) is 12.0 Å². The molecule has 2 unspecified atom stereocenters. The van der Waals surface area contributed by atoms with Crippen LogP contribution in [0.15, 0.2) is 0 Å². The first kappa shape index (κ1) is 15.4. The van der Waals surface area contributed by atoms with Crippen LogP contribution < -0.4 is 0 Å². The largest absolute Gasteiger partial charge is 0.468 e. The Kier molecular flexibility index (Phi) is 6.09. The highest BCUT2D eigenvalue weighted by Crippen LogP contribution is 2.24. The van der Waals surface area contributed by atoms with Gasteiger partial charge in [0.1, 0.15) is 6.04 Å². The van der Waals surface area contributed by atoms with Gasteiger partial charge in [-0.3, -0.25) is 9.69 Å². The summed E-state index contributed by atoms with van der Waals surface area (Å²) in [5.41, 5.74) is -0.583. The zero-order valence-electron chi connectivity index (χ0n) is 11.9. The first-order valence-corrected chi connectivity index (χ1v) is 7.04. The molecule has 1 aliphatic rings. The predicted octanol–water partition coefficient (Wildman–Crippen LogP) is 1.96. The molecule has 0 amide bonds. The average molecular weight is 257 g/mol. The van der Waals surface area contributed by atoms with Gasteiger partial charge in [0.05, 0.1) is 12.7 Å². The molecule has 1 fully saturated rings. The van der Waals surface area contributed by atoms with Gasteiger partial charge in [-0.2, -0.15) is 0 Å². The van der Waals surface area contributed by atoms with E-state index in [0.29, 0.717) is 0 Å². The molecule has 4 heteroatoms. The van der Waals surface area contributed by atoms with E-state index in [2.05, 4.69) is 11.8 Å². The molecule has 0 aromatic rings. The highest BCUT2D eigenvalue weighted by atomic mass is 16.5. The van der Waals surface area contributed by atoms with Crippen molar-refractivity contribution in [2.75, 3.05) is 20.2 Å². The topological polar surface area (TPSA) is 49.8 Å². The lowest BCUT2D eigenvalue weighted by molar-refractivity contribution is -0.147. The van der Waals surface area contributed by atoms with Crippen molar-refractivity contribution in [1.82, 2.24) is 4.90 Å². The maximum atomic E-state index is 11.9. The van der Waals surface area contributed by atoms with Crippen molar-refractivity contribution in [3.63, 3.8) is 0 Å². The van der Waals surface area contributed by atoms with Gasteiger partial charge in [0, 0.05) is 6.54 Å². The van der Waals surface area contributed by atoms with Gasteiger partial charge in [-0.15, -0.1) is 0 Å². The van der Waals surface area contributed by atoms with Crippen molar-refractivity contribution in [2.24, 2.45) is 0 Å². The van der Waals surface area contributed by atoms with Crippen molar-refractivity contribution < 1.29 is 14.6 Å². The van der Waals surface area contributed by atoms with Crippen molar-refractivity contribution in [1.29, 1.82) is 0 Å². The summed E-state index contributed by atoms with van der Waals surface area (Å²) < 4.78 is 4.91. The molecule has 4 nitrogen and oxygen atoms in total. The Labute approximate surface area is 110 Å². The highest BCUT2D eigenvalue weighted by molar-refractivity contribution is 5.75. The number of methoxy groups -OCH3 is 1. The molecular weight excluding hydrogens is 230 g/mol. The molecule has 1 aliphatic heterocycles. The Morgan fingerprint density at radius 1 is 1.44 bits per heavy atom. The van der Waals surface area contributed by atoms with Gasteiger partial charge in [-0.1, -0.05) is 19.8 Å². The van der Waals surface area contributed by atoms with Gasteiger partial charge in [0.25, 0.3) is 0 Å². The molecule has 0 saturated carbocycles. The first-order chi connectivity index (χ1) is 8.50. The van der Waals surface area contributed by atoms with Crippen LogP contribution in [-0.2, 0) is 9.53 Å². The van der Waals surface area contributed by atoms with E-state index in [1.54, 1.807) is 0 Å². The summed E-state index contributed by atoms with van der Waals surface area (Å²) in [6, 6.07) is -0.135. The van der Waals surface area contributed by atoms with E-state index in [1.807, 2.05) is 6.92 Å². The van der Waals surface area contributed by atoms with E-state index in [4.69, 9.17) is 4.74 Å². The zero-order valence-corrected chi connectivity index (χ0v) is 11.9. The van der Waals surface area contributed by atoms with Gasteiger partial charge < -0.3 is 9.84 Å². The number of carbonyl (C=O) groups is 1. The number of hydrogen-bond acceptors (Lipinski definition) is 4. The van der Waals surface area contributed by atoms with Crippen LogP contribution in [0, 0.1) is 0 Å². The second-order valence-corrected chi connectivity index (χ2v) is 5.57. The minimum atomic E-state index is -0.583. The van der Waals surface area contributed by atoms with E-state index in [9.17, 15) is 9.90 Å². The molecule has 0 aromatic heterocycles. The number of unbranched alkanes of at least 4 members (excludes halogenated alkanes) is 1. The SMILES string of the molecule is CCCCC(C(=O)OC)N1CCCC(C)(O)CC1. The number of aliphatic hydroxyl groups is 1. The maximum Gasteiger partial charge on any atom is 0.323 e. The van der Waals surface area contributed by atoms with Crippen molar-refractivity contribution in [3.8, 4) is 0 Å². The third kappa shape index (κ3) is 4.58. The fourth-order valence-electron chi connectivity index (χ4n) is 2.58. The molecule has 0 bridgehead atoms. The van der Waals surface area contributed by atoms with E-state index in [1.165, 1.54) is 7.11 Å². The minimum Gasteiger partial charge on any atom is -0.468 e. The van der Waals surface area contributed by atoms with Crippen molar-refractivity contribution in [2.45, 2.75) is 64.0 Å². The molecule has 0 radical (unpaired) electrons. The van der Waals surface area contributed by atoms with E-state index < -0.39 is 5.60 Å². The fraction of sp³-hybridized carbons (Fsp3) is 0.929. The summed E-state index contributed by atoms with van der Waals surface area (Å²) in [4.78, 5) is 14.0. The Bertz CT molecular complexity index is 266. The van der Waals surface area contributed by atoms with Crippen LogP contribution >= 0.6 is 0 Å². The molecule has 1 rings (SSSR count). The minimum absolute atomic E-state index is 0.134. The van der Waals surface area contributed by atoms with Gasteiger partial charge in [0.15, 0.2) is 0 Å². The van der Waals surface area contributed by atoms with Crippen LogP contribution in [0.5, 0.6) is 0 Å². The monoisotopic (exact) mass is 257 g/mol. The second-order valence-electron chi connectivity index (χ2n) is 5.57. The van der Waals surface area contributed by atoms with Crippen molar-refractivity contribution >= 4 is 5.97 Å².